The van der Waals surface area contributed by atoms with Crippen LogP contribution < -0.4 is 4.72 Å². The number of sulfonamides is 1. The SMILES string of the molecule is Cc1nc(-c2cccc(Cl)c2)sc1C(=O)N1CCC[C@H](NS(C)(=O)=O)C1. The monoisotopic (exact) mass is 413 g/mol. The largest absolute Gasteiger partial charge is 0.336 e. The highest BCUT2D eigenvalue weighted by Gasteiger charge is 2.28. The van der Waals surface area contributed by atoms with Gasteiger partial charge < -0.3 is 4.90 Å². The predicted octanol–water partition coefficient (Wildman–Crippen LogP) is 2.93. The number of thiazole rings is 1. The molecule has 1 saturated heterocycles. The second kappa shape index (κ2) is 7.64. The van der Waals surface area contributed by atoms with E-state index in [-0.39, 0.29) is 11.9 Å². The number of piperidine rings is 1. The summed E-state index contributed by atoms with van der Waals surface area (Å²) in [6.07, 6.45) is 2.63. The number of aryl methyl sites for hydroxylation is 1. The summed E-state index contributed by atoms with van der Waals surface area (Å²) in [5, 5.41) is 1.37. The van der Waals surface area contributed by atoms with Gasteiger partial charge in [0.05, 0.1) is 11.9 Å². The number of nitrogens with zero attached hydrogens (tertiary/aromatic N) is 2. The van der Waals surface area contributed by atoms with Crippen molar-refractivity contribution >= 4 is 38.9 Å². The van der Waals surface area contributed by atoms with Crippen molar-refractivity contribution in [1.82, 2.24) is 14.6 Å². The van der Waals surface area contributed by atoms with Gasteiger partial charge in [-0.15, -0.1) is 11.3 Å². The maximum atomic E-state index is 12.9. The number of likely N-dealkylation sites (tertiary alicyclic amines) is 1. The fourth-order valence-electron chi connectivity index (χ4n) is 3.04. The van der Waals surface area contributed by atoms with Gasteiger partial charge in [0, 0.05) is 29.7 Å². The lowest BCUT2D eigenvalue weighted by molar-refractivity contribution is 0.0707. The Labute approximate surface area is 162 Å². The second-order valence-electron chi connectivity index (χ2n) is 6.42. The summed E-state index contributed by atoms with van der Waals surface area (Å²) < 4.78 is 25.5. The molecule has 0 saturated carbocycles. The number of rotatable bonds is 4. The van der Waals surface area contributed by atoms with E-state index >= 15 is 0 Å². The van der Waals surface area contributed by atoms with Crippen LogP contribution in [0.15, 0.2) is 24.3 Å². The van der Waals surface area contributed by atoms with E-state index in [1.165, 1.54) is 11.3 Å². The maximum Gasteiger partial charge on any atom is 0.265 e. The molecule has 0 aliphatic carbocycles. The molecule has 2 aromatic rings. The zero-order chi connectivity index (χ0) is 18.9. The van der Waals surface area contributed by atoms with Crippen LogP contribution in [0.4, 0.5) is 0 Å². The number of hydrogen-bond donors (Lipinski definition) is 1. The Bertz CT molecular complexity index is 927. The fourth-order valence-corrected chi connectivity index (χ4v) is 5.06. The van der Waals surface area contributed by atoms with Gasteiger partial charge >= 0.3 is 0 Å². The van der Waals surface area contributed by atoms with Gasteiger partial charge in [-0.3, -0.25) is 4.79 Å². The van der Waals surface area contributed by atoms with Gasteiger partial charge in [0.2, 0.25) is 10.0 Å². The number of aromatic nitrogens is 1. The first-order valence-corrected chi connectivity index (χ1v) is 11.3. The third kappa shape index (κ3) is 4.62. The van der Waals surface area contributed by atoms with Crippen molar-refractivity contribution in [3.8, 4) is 10.6 Å². The van der Waals surface area contributed by atoms with Crippen LogP contribution in [0, 0.1) is 6.92 Å². The van der Waals surface area contributed by atoms with Gasteiger partial charge in [0.25, 0.3) is 5.91 Å². The molecule has 0 radical (unpaired) electrons. The zero-order valence-corrected chi connectivity index (χ0v) is 16.9. The molecule has 140 valence electrons. The van der Waals surface area contributed by atoms with Crippen molar-refractivity contribution in [3.63, 3.8) is 0 Å². The molecule has 26 heavy (non-hydrogen) atoms. The van der Waals surface area contributed by atoms with E-state index in [0.29, 0.717) is 28.7 Å². The van der Waals surface area contributed by atoms with E-state index in [9.17, 15) is 13.2 Å². The molecule has 1 aromatic heterocycles. The van der Waals surface area contributed by atoms with Gasteiger partial charge in [0.1, 0.15) is 9.88 Å². The average molecular weight is 414 g/mol. The number of amides is 1. The van der Waals surface area contributed by atoms with Crippen LogP contribution in [-0.2, 0) is 10.0 Å². The molecule has 1 aliphatic heterocycles. The molecule has 9 heteroatoms. The Balaban J connectivity index is 1.79. The van der Waals surface area contributed by atoms with Gasteiger partial charge in [0.15, 0.2) is 0 Å². The average Bonchev–Trinajstić information content (AvgIpc) is 2.95. The minimum Gasteiger partial charge on any atom is -0.336 e. The molecular weight excluding hydrogens is 394 g/mol. The summed E-state index contributed by atoms with van der Waals surface area (Å²) in [4.78, 5) is 19.7. The zero-order valence-electron chi connectivity index (χ0n) is 14.5. The van der Waals surface area contributed by atoms with Gasteiger partial charge in [-0.25, -0.2) is 18.1 Å². The minimum atomic E-state index is -3.29. The standard InChI is InChI=1S/C17H20ClN3O3S2/c1-11-15(25-16(19-11)12-5-3-6-13(18)9-12)17(22)21-8-4-7-14(10-21)20-26(2,23)24/h3,5-6,9,14,20H,4,7-8,10H2,1-2H3/t14-/m0/s1. The molecule has 1 fully saturated rings. The Morgan fingerprint density at radius 2 is 2.19 bits per heavy atom. The van der Waals surface area contributed by atoms with Crippen LogP contribution in [0.5, 0.6) is 0 Å². The first-order chi connectivity index (χ1) is 12.2. The lowest BCUT2D eigenvalue weighted by atomic mass is 10.1. The van der Waals surface area contributed by atoms with E-state index in [2.05, 4.69) is 9.71 Å². The predicted molar refractivity (Wildman–Crippen MR) is 104 cm³/mol. The lowest BCUT2D eigenvalue weighted by Crippen LogP contribution is -2.49. The molecule has 3 rings (SSSR count). The molecule has 2 heterocycles. The Kier molecular flexibility index (Phi) is 5.67. The molecule has 1 amide bonds. The van der Waals surface area contributed by atoms with Gasteiger partial charge in [-0.05, 0) is 31.9 Å². The van der Waals surface area contributed by atoms with Crippen molar-refractivity contribution in [2.75, 3.05) is 19.3 Å². The number of benzene rings is 1. The fraction of sp³-hybridized carbons (Fsp3) is 0.412. The Morgan fingerprint density at radius 3 is 2.88 bits per heavy atom. The van der Waals surface area contributed by atoms with Crippen molar-refractivity contribution in [1.29, 1.82) is 0 Å². The van der Waals surface area contributed by atoms with E-state index in [1.54, 1.807) is 11.0 Å². The Hall–Kier alpha value is -1.48. The third-order valence-electron chi connectivity index (χ3n) is 4.15. The summed E-state index contributed by atoms with van der Waals surface area (Å²) in [6.45, 7) is 2.80. The first-order valence-electron chi connectivity index (χ1n) is 8.23. The number of halogens is 1. The van der Waals surface area contributed by atoms with Crippen LogP contribution in [0.1, 0.15) is 28.2 Å². The van der Waals surface area contributed by atoms with Crippen molar-refractivity contribution < 1.29 is 13.2 Å². The molecule has 1 aromatic carbocycles. The summed E-state index contributed by atoms with van der Waals surface area (Å²) in [5.74, 6) is -0.103. The molecule has 1 aliphatic rings. The highest BCUT2D eigenvalue weighted by molar-refractivity contribution is 7.88. The number of carbonyl (C=O) groups is 1. The quantitative estimate of drug-likeness (QED) is 0.835. The van der Waals surface area contributed by atoms with Crippen molar-refractivity contribution in [3.05, 3.63) is 39.9 Å². The van der Waals surface area contributed by atoms with Crippen LogP contribution in [0.3, 0.4) is 0 Å². The second-order valence-corrected chi connectivity index (χ2v) is 9.64. The number of hydrogen-bond acceptors (Lipinski definition) is 5. The summed E-state index contributed by atoms with van der Waals surface area (Å²) in [5.41, 5.74) is 1.55. The van der Waals surface area contributed by atoms with Crippen LogP contribution >= 0.6 is 22.9 Å². The van der Waals surface area contributed by atoms with Crippen molar-refractivity contribution in [2.24, 2.45) is 0 Å². The molecule has 6 nitrogen and oxygen atoms in total. The minimum absolute atomic E-state index is 0.103. The van der Waals surface area contributed by atoms with Gasteiger partial charge in [-0.1, -0.05) is 23.7 Å². The number of carbonyl (C=O) groups excluding carboxylic acids is 1. The van der Waals surface area contributed by atoms with Crippen LogP contribution in [0.25, 0.3) is 10.6 Å². The van der Waals surface area contributed by atoms with Gasteiger partial charge in [-0.2, -0.15) is 0 Å². The molecule has 1 atom stereocenters. The summed E-state index contributed by atoms with van der Waals surface area (Å²) in [6, 6.07) is 7.12. The summed E-state index contributed by atoms with van der Waals surface area (Å²) in [7, 11) is -3.29. The first kappa shape index (κ1) is 19.3. The lowest BCUT2D eigenvalue weighted by Gasteiger charge is -2.32. The van der Waals surface area contributed by atoms with E-state index in [0.717, 1.165) is 29.7 Å². The highest BCUT2D eigenvalue weighted by atomic mass is 35.5. The third-order valence-corrected chi connectivity index (χ3v) is 6.34. The molecular formula is C17H20ClN3O3S2. The maximum absolute atomic E-state index is 12.9. The topological polar surface area (TPSA) is 79.4 Å². The molecule has 0 unspecified atom stereocenters. The van der Waals surface area contributed by atoms with Crippen LogP contribution in [0.2, 0.25) is 5.02 Å². The molecule has 0 bridgehead atoms. The summed E-state index contributed by atoms with van der Waals surface area (Å²) >= 11 is 7.38. The molecule has 1 N–H and O–H groups in total. The van der Waals surface area contributed by atoms with Crippen LogP contribution in [-0.4, -0.2) is 49.6 Å². The number of nitrogens with one attached hydrogen (secondary N) is 1. The molecule has 0 spiro atoms. The van der Waals surface area contributed by atoms with Crippen molar-refractivity contribution in [2.45, 2.75) is 25.8 Å². The smallest absolute Gasteiger partial charge is 0.265 e. The highest BCUT2D eigenvalue weighted by Crippen LogP contribution is 2.30. The van der Waals surface area contributed by atoms with E-state index in [4.69, 9.17) is 11.6 Å². The normalized spacial score (nSPS) is 18.1. The van der Waals surface area contributed by atoms with E-state index in [1.807, 2.05) is 25.1 Å². The Morgan fingerprint density at radius 1 is 1.42 bits per heavy atom. The van der Waals surface area contributed by atoms with E-state index < -0.39 is 10.0 Å².